The monoisotopic (exact) mass is 552 g/mol. The van der Waals surface area contributed by atoms with Crippen LogP contribution in [-0.4, -0.2) is 5.97 Å². The van der Waals surface area contributed by atoms with Crippen LogP contribution < -0.4 is 4.74 Å². The molecule has 0 unspecified atom stereocenters. The minimum absolute atomic E-state index is 0.412. The topological polar surface area (TPSA) is 26.3 Å². The molecule has 0 saturated carbocycles. The van der Waals surface area contributed by atoms with E-state index < -0.39 is 5.97 Å². The van der Waals surface area contributed by atoms with E-state index in [-0.39, 0.29) is 0 Å². The van der Waals surface area contributed by atoms with Crippen molar-refractivity contribution in [2.75, 3.05) is 0 Å². The minimum Gasteiger partial charge on any atom is -0.421 e. The number of hydrogen-bond acceptors (Lipinski definition) is 2. The molecule has 92 valence electrons. The van der Waals surface area contributed by atoms with E-state index in [2.05, 4.69) is 79.6 Å². The summed E-state index contributed by atoms with van der Waals surface area (Å²) in [6, 6.07) is 0. The van der Waals surface area contributed by atoms with E-state index in [0.29, 0.717) is 14.7 Å². The predicted octanol–water partition coefficient (Wildman–Crippen LogP) is 5.98. The summed E-state index contributed by atoms with van der Waals surface area (Å²) in [4.78, 5) is 11.4. The summed E-state index contributed by atoms with van der Waals surface area (Å²) in [6.07, 6.45) is 2.97. The van der Waals surface area contributed by atoms with Gasteiger partial charge < -0.3 is 4.74 Å². The largest absolute Gasteiger partial charge is 0.421 e. The number of hydrogen-bond donors (Lipinski definition) is 0. The van der Waals surface area contributed by atoms with Crippen LogP contribution in [0.15, 0.2) is 34.5 Å². The summed E-state index contributed by atoms with van der Waals surface area (Å²) < 4.78 is 8.87. The van der Waals surface area contributed by atoms with Gasteiger partial charge in [0.2, 0.25) is 0 Å². The van der Waals surface area contributed by atoms with Gasteiger partial charge in [0.05, 0.1) is 17.9 Å². The second kappa shape index (κ2) is 6.84. The van der Waals surface area contributed by atoms with Crippen LogP contribution in [0.2, 0.25) is 0 Å². The average Bonchev–Trinajstić information content (AvgIpc) is 2.30. The maximum absolute atomic E-state index is 11.4. The van der Waals surface area contributed by atoms with E-state index in [1.165, 1.54) is 6.08 Å². The van der Waals surface area contributed by atoms with Gasteiger partial charge in [0, 0.05) is 10.5 Å². The molecule has 0 atom stereocenters. The smallest absolute Gasteiger partial charge is 0.335 e. The van der Waals surface area contributed by atoms with Crippen molar-refractivity contribution in [3.63, 3.8) is 0 Å². The Kier molecular flexibility index (Phi) is 6.39. The second-order valence-electron chi connectivity index (χ2n) is 2.82. The zero-order chi connectivity index (χ0) is 13.2. The molecular weight excluding hydrogens is 552 g/mol. The molecule has 0 fully saturated rings. The lowest BCUT2D eigenvalue weighted by molar-refractivity contribution is -0.129. The Bertz CT molecular complexity index is 467. The van der Waals surface area contributed by atoms with Gasteiger partial charge in [0.25, 0.3) is 0 Å². The Morgan fingerprint density at radius 2 is 1.35 bits per heavy atom. The fourth-order valence-corrected chi connectivity index (χ4v) is 4.12. The van der Waals surface area contributed by atoms with Crippen molar-refractivity contribution in [3.8, 4) is 5.75 Å². The summed E-state index contributed by atoms with van der Waals surface area (Å²) in [5.41, 5.74) is 0. The number of esters is 1. The van der Waals surface area contributed by atoms with Crippen LogP contribution in [0.4, 0.5) is 0 Å². The summed E-state index contributed by atoms with van der Waals surface area (Å²) in [5.74, 6) is -0.0231. The minimum atomic E-state index is -0.435. The van der Waals surface area contributed by atoms with Crippen LogP contribution in [0, 0.1) is 0 Å². The van der Waals surface area contributed by atoms with Crippen LogP contribution in [0.1, 0.15) is 6.92 Å². The quantitative estimate of drug-likeness (QED) is 0.147. The van der Waals surface area contributed by atoms with E-state index >= 15 is 0 Å². The van der Waals surface area contributed by atoms with Crippen molar-refractivity contribution in [2.24, 2.45) is 0 Å². The number of ether oxygens (including phenoxy) is 1. The molecule has 0 radical (unpaired) electrons. The maximum Gasteiger partial charge on any atom is 0.335 e. The zero-order valence-electron chi connectivity index (χ0n) is 8.36. The van der Waals surface area contributed by atoms with Crippen LogP contribution in [0.5, 0.6) is 5.75 Å². The van der Waals surface area contributed by atoms with Crippen molar-refractivity contribution in [1.29, 1.82) is 0 Å². The summed E-state index contributed by atoms with van der Waals surface area (Å²) in [7, 11) is 0. The third-order valence-corrected chi connectivity index (χ3v) is 7.70. The number of carbonyl (C=O) groups excluding carboxylic acids is 1. The molecule has 2 nitrogen and oxygen atoms in total. The molecule has 0 aliphatic heterocycles. The zero-order valence-corrected chi connectivity index (χ0v) is 16.3. The fourth-order valence-electron chi connectivity index (χ4n) is 0.945. The Morgan fingerprint density at radius 3 is 1.76 bits per heavy atom. The van der Waals surface area contributed by atoms with Crippen molar-refractivity contribution in [2.45, 2.75) is 6.92 Å². The highest BCUT2D eigenvalue weighted by Gasteiger charge is 2.20. The standard InChI is InChI=1S/C10H5Br5O2/c1-2-3-4(16)17-10-8(14)6(12)5(11)7(13)9(10)15/h2-3H,1H3. The molecule has 0 aliphatic rings. The van der Waals surface area contributed by atoms with Gasteiger partial charge >= 0.3 is 5.97 Å². The lowest BCUT2D eigenvalue weighted by Gasteiger charge is -2.12. The Balaban J connectivity index is 3.30. The molecule has 0 N–H and O–H groups in total. The maximum atomic E-state index is 11.4. The molecule has 0 aliphatic carbocycles. The molecule has 7 heteroatoms. The van der Waals surface area contributed by atoms with Gasteiger partial charge in [0.15, 0.2) is 5.75 Å². The summed E-state index contributed by atoms with van der Waals surface area (Å²) >= 11 is 16.9. The first-order valence-corrected chi connectivity index (χ1v) is 8.22. The molecule has 0 amide bonds. The molecule has 0 heterocycles. The van der Waals surface area contributed by atoms with Gasteiger partial charge in [-0.25, -0.2) is 4.79 Å². The van der Waals surface area contributed by atoms with Crippen molar-refractivity contribution < 1.29 is 9.53 Å². The predicted molar refractivity (Wildman–Crippen MR) is 85.4 cm³/mol. The molecule has 17 heavy (non-hydrogen) atoms. The Morgan fingerprint density at radius 1 is 0.941 bits per heavy atom. The first kappa shape index (κ1) is 15.9. The van der Waals surface area contributed by atoms with E-state index in [1.54, 1.807) is 13.0 Å². The van der Waals surface area contributed by atoms with Crippen molar-refractivity contribution in [1.82, 2.24) is 0 Å². The van der Waals surface area contributed by atoms with Gasteiger partial charge in [0.1, 0.15) is 0 Å². The lowest BCUT2D eigenvalue weighted by Crippen LogP contribution is -2.05. The molecule has 1 rings (SSSR count). The second-order valence-corrected chi connectivity index (χ2v) is 6.79. The van der Waals surface area contributed by atoms with Gasteiger partial charge in [-0.3, -0.25) is 0 Å². The third-order valence-electron chi connectivity index (χ3n) is 1.67. The summed E-state index contributed by atoms with van der Waals surface area (Å²) in [5, 5.41) is 0. The van der Waals surface area contributed by atoms with E-state index in [4.69, 9.17) is 4.74 Å². The third kappa shape index (κ3) is 3.65. The molecule has 1 aromatic rings. The Hall–Kier alpha value is 0.830. The van der Waals surface area contributed by atoms with Gasteiger partial charge in [-0.1, -0.05) is 6.08 Å². The van der Waals surface area contributed by atoms with Crippen LogP contribution >= 0.6 is 79.6 Å². The van der Waals surface area contributed by atoms with Gasteiger partial charge in [-0.2, -0.15) is 0 Å². The van der Waals surface area contributed by atoms with Crippen LogP contribution in [-0.2, 0) is 4.79 Å². The number of benzene rings is 1. The molecule has 0 bridgehead atoms. The average molecular weight is 557 g/mol. The van der Waals surface area contributed by atoms with Crippen molar-refractivity contribution >= 4 is 85.6 Å². The number of carbonyl (C=O) groups is 1. The molecule has 0 saturated heterocycles. The SMILES string of the molecule is CC=CC(=O)Oc1c(Br)c(Br)c(Br)c(Br)c1Br. The van der Waals surface area contributed by atoms with E-state index in [0.717, 1.165) is 13.4 Å². The first-order chi connectivity index (χ1) is 7.90. The van der Waals surface area contributed by atoms with Crippen LogP contribution in [0.3, 0.4) is 0 Å². The molecule has 1 aromatic carbocycles. The Labute approximate surface area is 141 Å². The molecule has 0 aromatic heterocycles. The van der Waals surface area contributed by atoms with Crippen LogP contribution in [0.25, 0.3) is 0 Å². The van der Waals surface area contributed by atoms with E-state index in [1.807, 2.05) is 0 Å². The number of rotatable bonds is 2. The van der Waals surface area contributed by atoms with Crippen molar-refractivity contribution in [3.05, 3.63) is 34.5 Å². The normalized spacial score (nSPS) is 10.9. The lowest BCUT2D eigenvalue weighted by atomic mass is 10.3. The van der Waals surface area contributed by atoms with E-state index in [9.17, 15) is 4.79 Å². The van der Waals surface area contributed by atoms with Gasteiger partial charge in [-0.05, 0) is 86.6 Å². The highest BCUT2D eigenvalue weighted by molar-refractivity contribution is 9.15. The first-order valence-electron chi connectivity index (χ1n) is 4.26. The molecular formula is C10H5Br5O2. The number of allylic oxidation sites excluding steroid dienone is 1. The van der Waals surface area contributed by atoms with Gasteiger partial charge in [-0.15, -0.1) is 0 Å². The highest BCUT2D eigenvalue weighted by atomic mass is 79.9. The highest BCUT2D eigenvalue weighted by Crippen LogP contribution is 2.48. The molecule has 0 spiro atoms. The summed E-state index contributed by atoms with van der Waals surface area (Å²) in [6.45, 7) is 1.75. The fraction of sp³-hybridized carbons (Fsp3) is 0.100. The number of halogens is 5.